The van der Waals surface area contributed by atoms with Gasteiger partial charge >= 0.3 is 5.97 Å². The van der Waals surface area contributed by atoms with Crippen molar-refractivity contribution in [3.63, 3.8) is 0 Å². The molecule has 0 unspecified atom stereocenters. The minimum absolute atomic E-state index is 0.00945. The summed E-state index contributed by atoms with van der Waals surface area (Å²) in [7, 11) is 1.73. The maximum absolute atomic E-state index is 11.8. The van der Waals surface area contributed by atoms with Crippen LogP contribution in [0.4, 0.5) is 0 Å². The summed E-state index contributed by atoms with van der Waals surface area (Å²) in [4.78, 5) is 22.6. The molecule has 0 aliphatic carbocycles. The van der Waals surface area contributed by atoms with Crippen LogP contribution in [0, 0.1) is 6.92 Å². The normalized spacial score (nSPS) is 12.2. The lowest BCUT2D eigenvalue weighted by Crippen LogP contribution is -2.42. The molecule has 94 valence electrons. The minimum Gasteiger partial charge on any atom is -0.480 e. The first-order valence-corrected chi connectivity index (χ1v) is 5.24. The van der Waals surface area contributed by atoms with Crippen LogP contribution in [0.3, 0.4) is 0 Å². The summed E-state index contributed by atoms with van der Waals surface area (Å²) in [5.74, 6) is -1.61. The fourth-order valence-electron chi connectivity index (χ4n) is 1.46. The van der Waals surface area contributed by atoms with Crippen molar-refractivity contribution < 1.29 is 19.8 Å². The van der Waals surface area contributed by atoms with Crippen LogP contribution < -0.4 is 5.32 Å². The Kier molecular flexibility index (Phi) is 4.28. The molecule has 1 heterocycles. The highest BCUT2D eigenvalue weighted by Crippen LogP contribution is 2.06. The van der Waals surface area contributed by atoms with Gasteiger partial charge in [-0.25, -0.2) is 4.79 Å². The van der Waals surface area contributed by atoms with Crippen molar-refractivity contribution in [3.8, 4) is 0 Å². The zero-order valence-corrected chi connectivity index (χ0v) is 9.80. The van der Waals surface area contributed by atoms with E-state index in [1.54, 1.807) is 23.7 Å². The number of aliphatic carboxylic acids is 1. The molecule has 1 aromatic heterocycles. The Morgan fingerprint density at radius 3 is 2.53 bits per heavy atom. The summed E-state index contributed by atoms with van der Waals surface area (Å²) in [5, 5.41) is 19.9. The molecule has 6 heteroatoms. The van der Waals surface area contributed by atoms with E-state index < -0.39 is 17.9 Å². The molecule has 0 aliphatic rings. The van der Waals surface area contributed by atoms with Gasteiger partial charge in [0.15, 0.2) is 0 Å². The number of rotatable bonds is 5. The first-order valence-electron chi connectivity index (χ1n) is 5.24. The van der Waals surface area contributed by atoms with E-state index in [-0.39, 0.29) is 13.0 Å². The Morgan fingerprint density at radius 1 is 1.47 bits per heavy atom. The second-order valence-corrected chi connectivity index (χ2v) is 3.80. The van der Waals surface area contributed by atoms with Gasteiger partial charge in [0.1, 0.15) is 11.7 Å². The summed E-state index contributed by atoms with van der Waals surface area (Å²) in [6.07, 6.45) is -0.00945. The average Bonchev–Trinajstić information content (AvgIpc) is 2.59. The maximum Gasteiger partial charge on any atom is 0.326 e. The molecule has 0 spiro atoms. The first-order chi connectivity index (χ1) is 7.97. The number of nitrogens with one attached hydrogen (secondary N) is 1. The zero-order valence-electron chi connectivity index (χ0n) is 9.80. The fraction of sp³-hybridized carbons (Fsp3) is 0.455. The number of aliphatic hydroxyl groups excluding tert-OH is 1. The molecule has 1 aromatic rings. The quantitative estimate of drug-likeness (QED) is 0.670. The van der Waals surface area contributed by atoms with Crippen molar-refractivity contribution >= 4 is 11.9 Å². The van der Waals surface area contributed by atoms with Crippen LogP contribution in [0.5, 0.6) is 0 Å². The summed E-state index contributed by atoms with van der Waals surface area (Å²) >= 11 is 0. The number of carboxylic acids is 1. The molecule has 0 saturated carbocycles. The van der Waals surface area contributed by atoms with Crippen LogP contribution in [0.15, 0.2) is 12.1 Å². The number of hydrogen-bond donors (Lipinski definition) is 3. The molecule has 0 radical (unpaired) electrons. The zero-order chi connectivity index (χ0) is 13.0. The molecule has 1 atom stereocenters. The Labute approximate surface area is 98.9 Å². The second-order valence-electron chi connectivity index (χ2n) is 3.80. The van der Waals surface area contributed by atoms with Crippen LogP contribution in [-0.4, -0.2) is 39.3 Å². The molecule has 0 saturated heterocycles. The molecule has 0 fully saturated rings. The highest BCUT2D eigenvalue weighted by Gasteiger charge is 2.21. The third kappa shape index (κ3) is 3.07. The Balaban J connectivity index is 2.77. The molecule has 17 heavy (non-hydrogen) atoms. The molecule has 1 rings (SSSR count). The molecule has 1 amide bonds. The van der Waals surface area contributed by atoms with Crippen molar-refractivity contribution in [1.29, 1.82) is 0 Å². The van der Waals surface area contributed by atoms with Crippen LogP contribution in [0.1, 0.15) is 22.6 Å². The third-order valence-electron chi connectivity index (χ3n) is 2.63. The average molecular weight is 240 g/mol. The number of carbonyl (C=O) groups is 2. The van der Waals surface area contributed by atoms with E-state index in [4.69, 9.17) is 10.2 Å². The smallest absolute Gasteiger partial charge is 0.326 e. The lowest BCUT2D eigenvalue weighted by molar-refractivity contribution is -0.139. The predicted molar refractivity (Wildman–Crippen MR) is 60.7 cm³/mol. The number of carbonyl (C=O) groups excluding carboxylic acids is 1. The topological polar surface area (TPSA) is 91.6 Å². The van der Waals surface area contributed by atoms with Crippen LogP contribution in [0.2, 0.25) is 0 Å². The number of amides is 1. The van der Waals surface area contributed by atoms with Gasteiger partial charge in [0.05, 0.1) is 0 Å². The molecule has 3 N–H and O–H groups in total. The van der Waals surface area contributed by atoms with E-state index in [9.17, 15) is 9.59 Å². The van der Waals surface area contributed by atoms with Crippen LogP contribution >= 0.6 is 0 Å². The minimum atomic E-state index is -1.15. The van der Waals surface area contributed by atoms with Crippen molar-refractivity contribution in [2.75, 3.05) is 6.61 Å². The Hall–Kier alpha value is -1.82. The highest BCUT2D eigenvalue weighted by molar-refractivity contribution is 5.95. The summed E-state index contributed by atoms with van der Waals surface area (Å²) in [6, 6.07) is 2.34. The monoisotopic (exact) mass is 240 g/mol. The van der Waals surface area contributed by atoms with E-state index >= 15 is 0 Å². The van der Waals surface area contributed by atoms with Crippen LogP contribution in [-0.2, 0) is 11.8 Å². The van der Waals surface area contributed by atoms with E-state index in [0.29, 0.717) is 5.69 Å². The van der Waals surface area contributed by atoms with Gasteiger partial charge in [-0.1, -0.05) is 0 Å². The fourth-order valence-corrected chi connectivity index (χ4v) is 1.46. The lowest BCUT2D eigenvalue weighted by Gasteiger charge is -2.13. The largest absolute Gasteiger partial charge is 0.480 e. The second kappa shape index (κ2) is 5.49. The number of aromatic nitrogens is 1. The Bertz CT molecular complexity index is 425. The highest BCUT2D eigenvalue weighted by atomic mass is 16.4. The molecule has 6 nitrogen and oxygen atoms in total. The molecular weight excluding hydrogens is 224 g/mol. The molecule has 0 bridgehead atoms. The van der Waals surface area contributed by atoms with Gasteiger partial charge in [0.25, 0.3) is 5.91 Å². The van der Waals surface area contributed by atoms with Gasteiger partial charge in [-0.15, -0.1) is 0 Å². The number of carboxylic acid groups (broad SMARTS) is 1. The van der Waals surface area contributed by atoms with Crippen molar-refractivity contribution in [1.82, 2.24) is 9.88 Å². The number of hydrogen-bond acceptors (Lipinski definition) is 3. The molecular formula is C11H16N2O4. The molecule has 0 aliphatic heterocycles. The molecule has 0 aromatic carbocycles. The number of nitrogens with zero attached hydrogens (tertiary/aromatic N) is 1. The standard InChI is InChI=1S/C11H16N2O4/c1-7-3-4-9(13(7)2)10(15)12-8(5-6-14)11(16)17/h3-4,8,14H,5-6H2,1-2H3,(H,12,15)(H,16,17)/t8-/m1/s1. The van der Waals surface area contributed by atoms with Gasteiger partial charge in [-0.05, 0) is 19.1 Å². The summed E-state index contributed by atoms with van der Waals surface area (Å²) in [6.45, 7) is 1.56. The lowest BCUT2D eigenvalue weighted by atomic mass is 10.2. The van der Waals surface area contributed by atoms with E-state index in [0.717, 1.165) is 5.69 Å². The summed E-state index contributed by atoms with van der Waals surface area (Å²) in [5.41, 5.74) is 1.30. The summed E-state index contributed by atoms with van der Waals surface area (Å²) < 4.78 is 1.67. The van der Waals surface area contributed by atoms with Crippen molar-refractivity contribution in [2.24, 2.45) is 7.05 Å². The van der Waals surface area contributed by atoms with Crippen molar-refractivity contribution in [3.05, 3.63) is 23.5 Å². The van der Waals surface area contributed by atoms with Crippen molar-refractivity contribution in [2.45, 2.75) is 19.4 Å². The van der Waals surface area contributed by atoms with E-state index in [1.807, 2.05) is 6.92 Å². The number of aliphatic hydroxyl groups is 1. The van der Waals surface area contributed by atoms with Gasteiger partial charge in [0, 0.05) is 25.8 Å². The van der Waals surface area contributed by atoms with Gasteiger partial charge in [0.2, 0.25) is 0 Å². The van der Waals surface area contributed by atoms with E-state index in [2.05, 4.69) is 5.32 Å². The van der Waals surface area contributed by atoms with Gasteiger partial charge in [-0.2, -0.15) is 0 Å². The predicted octanol–water partition coefficient (Wildman–Crippen LogP) is -0.101. The van der Waals surface area contributed by atoms with Gasteiger partial charge in [-0.3, -0.25) is 4.79 Å². The maximum atomic E-state index is 11.8. The Morgan fingerprint density at radius 2 is 2.12 bits per heavy atom. The SMILES string of the molecule is Cc1ccc(C(=O)N[C@H](CCO)C(=O)O)n1C. The van der Waals surface area contributed by atoms with E-state index in [1.165, 1.54) is 0 Å². The van der Waals surface area contributed by atoms with Crippen LogP contribution in [0.25, 0.3) is 0 Å². The number of aryl methyl sites for hydroxylation is 1. The third-order valence-corrected chi connectivity index (χ3v) is 2.63. The first kappa shape index (κ1) is 13.2. The van der Waals surface area contributed by atoms with Gasteiger partial charge < -0.3 is 20.1 Å².